The van der Waals surface area contributed by atoms with E-state index in [1.807, 2.05) is 60.7 Å². The summed E-state index contributed by atoms with van der Waals surface area (Å²) in [6.07, 6.45) is 0. The molecular weight excluding hydrogens is 404 g/mol. The van der Waals surface area contributed by atoms with Crippen molar-refractivity contribution in [2.45, 2.75) is 6.61 Å². The van der Waals surface area contributed by atoms with Crippen molar-refractivity contribution >= 4 is 28.7 Å². The molecule has 0 bridgehead atoms. The zero-order chi connectivity index (χ0) is 20.2. The molecule has 0 saturated carbocycles. The van der Waals surface area contributed by atoms with Crippen LogP contribution in [0.2, 0.25) is 5.02 Å². The topological polar surface area (TPSA) is 46.5 Å². The molecule has 3 aromatic carbocycles. The minimum Gasteiger partial charge on any atom is -0.508 e. The summed E-state index contributed by atoms with van der Waals surface area (Å²) in [6, 6.07) is 25.5. The Hall–Kier alpha value is -3.08. The molecule has 0 aliphatic carbocycles. The van der Waals surface area contributed by atoms with Gasteiger partial charge < -0.3 is 9.84 Å². The minimum absolute atomic E-state index is 0.0816. The van der Waals surface area contributed by atoms with E-state index in [2.05, 4.69) is 0 Å². The third-order valence-corrected chi connectivity index (χ3v) is 5.76. The van der Waals surface area contributed by atoms with E-state index in [1.165, 1.54) is 17.4 Å². The lowest BCUT2D eigenvalue weighted by Crippen LogP contribution is -1.97. The number of hydrogen-bond donors (Lipinski definition) is 1. The smallest absolute Gasteiger partial charge is 0.203 e. The molecule has 1 N–H and O–H groups in total. The van der Waals surface area contributed by atoms with Crippen LogP contribution >= 0.6 is 22.9 Å². The van der Waals surface area contributed by atoms with Gasteiger partial charge >= 0.3 is 0 Å². The van der Waals surface area contributed by atoms with E-state index in [-0.39, 0.29) is 11.5 Å². The number of phenolic OH excluding ortho intramolecular Hbond substituents is 1. The lowest BCUT2D eigenvalue weighted by molar-refractivity contribution is 0.104. The van der Waals surface area contributed by atoms with Crippen LogP contribution in [0.15, 0.2) is 84.9 Å². The van der Waals surface area contributed by atoms with Crippen LogP contribution in [0.4, 0.5) is 0 Å². The Morgan fingerprint density at radius 3 is 2.52 bits per heavy atom. The fourth-order valence-corrected chi connectivity index (χ4v) is 3.98. The van der Waals surface area contributed by atoms with E-state index in [4.69, 9.17) is 16.3 Å². The summed E-state index contributed by atoms with van der Waals surface area (Å²) in [7, 11) is 0. The second-order valence-electron chi connectivity index (χ2n) is 6.49. The number of aromatic hydroxyl groups is 1. The number of thiophene rings is 1. The molecule has 29 heavy (non-hydrogen) atoms. The number of ketones is 1. The number of phenols is 1. The van der Waals surface area contributed by atoms with E-state index in [0.29, 0.717) is 22.1 Å². The van der Waals surface area contributed by atoms with Crippen molar-refractivity contribution < 1.29 is 14.6 Å². The molecule has 1 aromatic heterocycles. The minimum atomic E-state index is -0.104. The first kappa shape index (κ1) is 19.2. The van der Waals surface area contributed by atoms with Crippen LogP contribution in [-0.4, -0.2) is 10.9 Å². The number of hydrogen-bond acceptors (Lipinski definition) is 4. The summed E-state index contributed by atoms with van der Waals surface area (Å²) >= 11 is 7.33. The molecule has 144 valence electrons. The van der Waals surface area contributed by atoms with Crippen LogP contribution in [0, 0.1) is 0 Å². The molecule has 0 radical (unpaired) electrons. The Labute approximate surface area is 177 Å². The van der Waals surface area contributed by atoms with Gasteiger partial charge in [0, 0.05) is 15.5 Å². The Morgan fingerprint density at radius 2 is 1.72 bits per heavy atom. The van der Waals surface area contributed by atoms with Gasteiger partial charge in [0.1, 0.15) is 18.1 Å². The van der Waals surface area contributed by atoms with Crippen LogP contribution in [0.3, 0.4) is 0 Å². The van der Waals surface area contributed by atoms with Gasteiger partial charge in [-0.2, -0.15) is 0 Å². The van der Waals surface area contributed by atoms with E-state index >= 15 is 0 Å². The predicted molar refractivity (Wildman–Crippen MR) is 117 cm³/mol. The van der Waals surface area contributed by atoms with E-state index in [0.717, 1.165) is 21.8 Å². The van der Waals surface area contributed by atoms with Crippen molar-refractivity contribution in [2.75, 3.05) is 0 Å². The molecule has 3 nitrogen and oxygen atoms in total. The number of carbonyl (C=O) groups excluding carboxylic acids is 1. The third-order valence-electron chi connectivity index (χ3n) is 4.38. The van der Waals surface area contributed by atoms with Gasteiger partial charge in [0.2, 0.25) is 5.78 Å². The fourth-order valence-electron chi connectivity index (χ4n) is 2.89. The first-order valence-electron chi connectivity index (χ1n) is 9.00. The van der Waals surface area contributed by atoms with Crippen molar-refractivity contribution in [2.24, 2.45) is 0 Å². The molecule has 0 atom stereocenters. The molecule has 1 heterocycles. The van der Waals surface area contributed by atoms with Gasteiger partial charge in [-0.15, -0.1) is 11.3 Å². The second kappa shape index (κ2) is 8.52. The van der Waals surface area contributed by atoms with Crippen LogP contribution in [0.25, 0.3) is 10.4 Å². The Kier molecular flexibility index (Phi) is 5.65. The molecule has 0 spiro atoms. The van der Waals surface area contributed by atoms with Crippen LogP contribution in [0.5, 0.6) is 11.5 Å². The Morgan fingerprint density at radius 1 is 0.931 bits per heavy atom. The maximum absolute atomic E-state index is 12.7. The number of ether oxygens (including phenoxy) is 1. The van der Waals surface area contributed by atoms with E-state index in [9.17, 15) is 9.90 Å². The van der Waals surface area contributed by atoms with Crippen molar-refractivity contribution in [3.63, 3.8) is 0 Å². The molecule has 0 saturated heterocycles. The molecule has 0 fully saturated rings. The van der Waals surface area contributed by atoms with Crippen LogP contribution in [0.1, 0.15) is 20.8 Å². The molecule has 0 unspecified atom stereocenters. The highest BCUT2D eigenvalue weighted by atomic mass is 35.5. The number of carbonyl (C=O) groups is 1. The highest BCUT2D eigenvalue weighted by Crippen LogP contribution is 2.32. The normalized spacial score (nSPS) is 10.7. The lowest BCUT2D eigenvalue weighted by Gasteiger charge is -2.08. The molecule has 4 aromatic rings. The van der Waals surface area contributed by atoms with Gasteiger partial charge in [0.15, 0.2) is 0 Å². The lowest BCUT2D eigenvalue weighted by atomic mass is 10.1. The van der Waals surface area contributed by atoms with Gasteiger partial charge in [0.25, 0.3) is 0 Å². The van der Waals surface area contributed by atoms with Crippen molar-refractivity contribution in [3.05, 3.63) is 106 Å². The maximum Gasteiger partial charge on any atom is 0.203 e. The maximum atomic E-state index is 12.7. The van der Waals surface area contributed by atoms with E-state index < -0.39 is 0 Å². The fraction of sp³-hybridized carbons (Fsp3) is 0.0417. The van der Waals surface area contributed by atoms with Gasteiger partial charge in [-0.05, 0) is 59.7 Å². The standard InChI is InChI=1S/C24H17ClO3S/c25-19-9-7-16(8-10-19)15-28-21-6-2-3-17(14-21)22-11-12-23(29-22)24(27)18-4-1-5-20(26)13-18/h1-14,26H,15H2. The van der Waals surface area contributed by atoms with Gasteiger partial charge in [0.05, 0.1) is 4.88 Å². The quantitative estimate of drug-likeness (QED) is 0.358. The molecular formula is C24H17ClO3S. The molecule has 0 aliphatic rings. The zero-order valence-corrected chi connectivity index (χ0v) is 16.9. The van der Waals surface area contributed by atoms with Crippen LogP contribution < -0.4 is 4.74 Å². The molecule has 5 heteroatoms. The van der Waals surface area contributed by atoms with Gasteiger partial charge in [-0.3, -0.25) is 4.79 Å². The van der Waals surface area contributed by atoms with Crippen molar-refractivity contribution in [1.82, 2.24) is 0 Å². The summed E-state index contributed by atoms with van der Waals surface area (Å²) in [6.45, 7) is 0.451. The average molecular weight is 421 g/mol. The first-order chi connectivity index (χ1) is 14.1. The summed E-state index contributed by atoms with van der Waals surface area (Å²) in [5.74, 6) is 0.733. The second-order valence-corrected chi connectivity index (χ2v) is 8.01. The first-order valence-corrected chi connectivity index (χ1v) is 10.2. The summed E-state index contributed by atoms with van der Waals surface area (Å²) in [5.41, 5.74) is 2.49. The SMILES string of the molecule is O=C(c1cccc(O)c1)c1ccc(-c2cccc(OCc3ccc(Cl)cc3)c2)s1. The summed E-state index contributed by atoms with van der Waals surface area (Å²) < 4.78 is 5.90. The van der Waals surface area contributed by atoms with Crippen molar-refractivity contribution in [3.8, 4) is 21.9 Å². The molecule has 0 amide bonds. The third kappa shape index (κ3) is 4.67. The van der Waals surface area contributed by atoms with E-state index in [1.54, 1.807) is 18.2 Å². The van der Waals surface area contributed by atoms with Crippen molar-refractivity contribution in [1.29, 1.82) is 0 Å². The largest absolute Gasteiger partial charge is 0.508 e. The summed E-state index contributed by atoms with van der Waals surface area (Å²) in [4.78, 5) is 14.3. The molecule has 0 aliphatic heterocycles. The Bertz CT molecular complexity index is 1150. The van der Waals surface area contributed by atoms with Gasteiger partial charge in [-0.25, -0.2) is 0 Å². The Balaban J connectivity index is 1.50. The predicted octanol–water partition coefficient (Wildman–Crippen LogP) is 6.58. The summed E-state index contributed by atoms with van der Waals surface area (Å²) in [5, 5.41) is 10.3. The highest BCUT2D eigenvalue weighted by molar-refractivity contribution is 7.17. The number of benzene rings is 3. The number of rotatable bonds is 6. The monoisotopic (exact) mass is 420 g/mol. The molecule has 4 rings (SSSR count). The van der Waals surface area contributed by atoms with Crippen LogP contribution in [-0.2, 0) is 6.61 Å². The zero-order valence-electron chi connectivity index (χ0n) is 15.3. The number of halogens is 1. The highest BCUT2D eigenvalue weighted by Gasteiger charge is 2.13. The average Bonchev–Trinajstić information content (AvgIpc) is 3.23. The van der Waals surface area contributed by atoms with Gasteiger partial charge in [-0.1, -0.05) is 48.0 Å².